The molecule has 0 bridgehead atoms. The molecular formula is C9H10FNO4. The number of nitrogens with two attached hydrogens (primary N) is 1. The average molecular weight is 215 g/mol. The van der Waals surface area contributed by atoms with Gasteiger partial charge >= 0.3 is 5.97 Å². The Bertz CT molecular complexity index is 419. The van der Waals surface area contributed by atoms with E-state index in [2.05, 4.69) is 0 Å². The molecule has 1 aromatic carbocycles. The fourth-order valence-electron chi connectivity index (χ4n) is 1.15. The summed E-state index contributed by atoms with van der Waals surface area (Å²) < 4.78 is 13.1. The van der Waals surface area contributed by atoms with E-state index in [1.54, 1.807) is 0 Å². The maximum absolute atomic E-state index is 13.1. The van der Waals surface area contributed by atoms with Gasteiger partial charge in [0.25, 0.3) is 0 Å². The van der Waals surface area contributed by atoms with Gasteiger partial charge in [0.1, 0.15) is 6.04 Å². The topological polar surface area (TPSA) is 104 Å². The number of carboxylic acid groups (broad SMARTS) is 1. The second kappa shape index (κ2) is 3.74. The highest BCUT2D eigenvalue weighted by Gasteiger charge is 2.23. The van der Waals surface area contributed by atoms with E-state index in [1.807, 2.05) is 0 Å². The SMILES string of the molecule is Cc1cc(C(N)C(=O)O)c(O)c(F)c1O. The Balaban J connectivity index is 3.38. The van der Waals surface area contributed by atoms with Gasteiger partial charge in [0.15, 0.2) is 11.5 Å². The molecule has 15 heavy (non-hydrogen) atoms. The number of aromatic hydroxyl groups is 2. The van der Waals surface area contributed by atoms with Gasteiger partial charge in [-0.1, -0.05) is 0 Å². The zero-order chi connectivity index (χ0) is 11.7. The Kier molecular flexibility index (Phi) is 2.81. The predicted octanol–water partition coefficient (Wildman–Crippen LogP) is 0.630. The van der Waals surface area contributed by atoms with Gasteiger partial charge in [-0.2, -0.15) is 4.39 Å². The third-order valence-electron chi connectivity index (χ3n) is 2.04. The molecule has 5 N–H and O–H groups in total. The van der Waals surface area contributed by atoms with Crippen molar-refractivity contribution in [3.63, 3.8) is 0 Å². The van der Waals surface area contributed by atoms with Crippen molar-refractivity contribution in [3.05, 3.63) is 23.0 Å². The normalized spacial score (nSPS) is 12.5. The van der Waals surface area contributed by atoms with Crippen molar-refractivity contribution in [1.29, 1.82) is 0 Å². The van der Waals surface area contributed by atoms with Gasteiger partial charge in [-0.3, -0.25) is 4.79 Å². The van der Waals surface area contributed by atoms with E-state index < -0.39 is 29.3 Å². The molecule has 1 atom stereocenters. The minimum Gasteiger partial charge on any atom is -0.505 e. The zero-order valence-electron chi connectivity index (χ0n) is 7.86. The van der Waals surface area contributed by atoms with Crippen LogP contribution >= 0.6 is 0 Å². The molecule has 0 heterocycles. The van der Waals surface area contributed by atoms with Crippen LogP contribution in [-0.4, -0.2) is 21.3 Å². The minimum absolute atomic E-state index is 0.108. The molecule has 0 spiro atoms. The molecule has 0 saturated carbocycles. The highest BCUT2D eigenvalue weighted by molar-refractivity contribution is 5.76. The first kappa shape index (κ1) is 11.3. The van der Waals surface area contributed by atoms with E-state index in [1.165, 1.54) is 6.92 Å². The molecule has 0 aliphatic heterocycles. The molecule has 0 aliphatic carbocycles. The van der Waals surface area contributed by atoms with Crippen LogP contribution in [0.3, 0.4) is 0 Å². The molecule has 0 saturated heterocycles. The molecule has 1 unspecified atom stereocenters. The maximum atomic E-state index is 13.1. The largest absolute Gasteiger partial charge is 0.505 e. The van der Waals surface area contributed by atoms with Crippen molar-refractivity contribution in [3.8, 4) is 11.5 Å². The number of halogens is 1. The van der Waals surface area contributed by atoms with E-state index in [0.717, 1.165) is 6.07 Å². The van der Waals surface area contributed by atoms with Gasteiger partial charge in [-0.15, -0.1) is 0 Å². The van der Waals surface area contributed by atoms with E-state index in [4.69, 9.17) is 15.9 Å². The maximum Gasteiger partial charge on any atom is 0.325 e. The van der Waals surface area contributed by atoms with Gasteiger partial charge in [0.05, 0.1) is 0 Å². The first-order chi connectivity index (χ1) is 6.86. The van der Waals surface area contributed by atoms with Crippen LogP contribution in [0.4, 0.5) is 4.39 Å². The predicted molar refractivity (Wildman–Crippen MR) is 49.0 cm³/mol. The third kappa shape index (κ3) is 1.84. The lowest BCUT2D eigenvalue weighted by Gasteiger charge is -2.12. The van der Waals surface area contributed by atoms with Crippen LogP contribution in [0.1, 0.15) is 17.2 Å². The average Bonchev–Trinajstić information content (AvgIpc) is 2.19. The van der Waals surface area contributed by atoms with Crippen LogP contribution < -0.4 is 5.73 Å². The van der Waals surface area contributed by atoms with Crippen LogP contribution in [0, 0.1) is 12.7 Å². The first-order valence-corrected chi connectivity index (χ1v) is 4.05. The van der Waals surface area contributed by atoms with Crippen molar-refractivity contribution < 1.29 is 24.5 Å². The lowest BCUT2D eigenvalue weighted by atomic mass is 10.0. The number of phenolic OH excluding ortho intramolecular Hbond substituents is 2. The lowest BCUT2D eigenvalue weighted by molar-refractivity contribution is -0.138. The number of aryl methyl sites for hydroxylation is 1. The number of carboxylic acids is 1. The number of rotatable bonds is 2. The standard InChI is InChI=1S/C9H10FNO4/c1-3-2-4(6(11)9(14)15)8(13)5(10)7(3)12/h2,6,12-13H,11H2,1H3,(H,14,15). The quantitative estimate of drug-likeness (QED) is 0.579. The van der Waals surface area contributed by atoms with Crippen molar-refractivity contribution in [2.45, 2.75) is 13.0 Å². The summed E-state index contributed by atoms with van der Waals surface area (Å²) in [7, 11) is 0. The van der Waals surface area contributed by atoms with E-state index in [-0.39, 0.29) is 11.1 Å². The van der Waals surface area contributed by atoms with Crippen LogP contribution in [0.25, 0.3) is 0 Å². The number of hydrogen-bond acceptors (Lipinski definition) is 4. The molecule has 0 radical (unpaired) electrons. The van der Waals surface area contributed by atoms with Crippen molar-refractivity contribution in [1.82, 2.24) is 0 Å². The number of phenols is 2. The van der Waals surface area contributed by atoms with E-state index >= 15 is 0 Å². The van der Waals surface area contributed by atoms with Crippen molar-refractivity contribution in [2.75, 3.05) is 0 Å². The molecule has 6 heteroatoms. The summed E-state index contributed by atoms with van der Waals surface area (Å²) in [6, 6.07) is -0.397. The smallest absolute Gasteiger partial charge is 0.325 e. The molecule has 0 fully saturated rings. The fourth-order valence-corrected chi connectivity index (χ4v) is 1.15. The van der Waals surface area contributed by atoms with Crippen LogP contribution in [-0.2, 0) is 4.79 Å². The second-order valence-electron chi connectivity index (χ2n) is 3.11. The summed E-state index contributed by atoms with van der Waals surface area (Å²) in [5.41, 5.74) is 5.06. The van der Waals surface area contributed by atoms with Gasteiger partial charge in [-0.25, -0.2) is 0 Å². The molecule has 1 aromatic rings. The molecule has 0 amide bonds. The molecule has 5 nitrogen and oxygen atoms in total. The number of benzene rings is 1. The van der Waals surface area contributed by atoms with E-state index in [0.29, 0.717) is 0 Å². The summed E-state index contributed by atoms with van der Waals surface area (Å²) in [5.74, 6) is -4.31. The Hall–Kier alpha value is -1.82. The fraction of sp³-hybridized carbons (Fsp3) is 0.222. The molecule has 82 valence electrons. The van der Waals surface area contributed by atoms with Gasteiger partial charge in [0.2, 0.25) is 5.82 Å². The minimum atomic E-state index is -1.53. The second-order valence-corrected chi connectivity index (χ2v) is 3.11. The van der Waals surface area contributed by atoms with Crippen LogP contribution in [0.5, 0.6) is 11.5 Å². The highest BCUT2D eigenvalue weighted by Crippen LogP contribution is 2.34. The number of hydrogen-bond donors (Lipinski definition) is 4. The summed E-state index contributed by atoms with van der Waals surface area (Å²) in [5, 5.41) is 26.9. The lowest BCUT2D eigenvalue weighted by Crippen LogP contribution is -2.21. The molecule has 0 aromatic heterocycles. The Morgan fingerprint density at radius 1 is 1.47 bits per heavy atom. The van der Waals surface area contributed by atoms with E-state index in [9.17, 15) is 14.3 Å². The molecule has 0 aliphatic rings. The van der Waals surface area contributed by atoms with Crippen LogP contribution in [0.2, 0.25) is 0 Å². The van der Waals surface area contributed by atoms with Gasteiger partial charge < -0.3 is 21.1 Å². The highest BCUT2D eigenvalue weighted by atomic mass is 19.1. The van der Waals surface area contributed by atoms with Gasteiger partial charge in [-0.05, 0) is 18.6 Å². The number of carbonyl (C=O) groups is 1. The molecular weight excluding hydrogens is 205 g/mol. The van der Waals surface area contributed by atoms with Gasteiger partial charge in [0, 0.05) is 5.56 Å². The van der Waals surface area contributed by atoms with Crippen LogP contribution in [0.15, 0.2) is 6.07 Å². The third-order valence-corrected chi connectivity index (χ3v) is 2.04. The monoisotopic (exact) mass is 215 g/mol. The summed E-state index contributed by atoms with van der Waals surface area (Å²) in [6.45, 7) is 1.37. The van der Waals surface area contributed by atoms with Crippen molar-refractivity contribution in [2.24, 2.45) is 5.73 Å². The zero-order valence-corrected chi connectivity index (χ0v) is 7.86. The summed E-state index contributed by atoms with van der Waals surface area (Å²) in [6.07, 6.45) is 0. The first-order valence-electron chi connectivity index (χ1n) is 4.05. The summed E-state index contributed by atoms with van der Waals surface area (Å²) in [4.78, 5) is 10.5. The number of aliphatic carboxylic acids is 1. The summed E-state index contributed by atoms with van der Waals surface area (Å²) >= 11 is 0. The van der Waals surface area contributed by atoms with Crippen molar-refractivity contribution >= 4 is 5.97 Å². The Morgan fingerprint density at radius 2 is 2.00 bits per heavy atom. The molecule has 1 rings (SSSR count). The Labute approximate surface area is 84.6 Å². The Morgan fingerprint density at radius 3 is 2.47 bits per heavy atom.